The average Bonchev–Trinajstić information content (AvgIpc) is 2.12. The van der Waals surface area contributed by atoms with Gasteiger partial charge in [-0.1, -0.05) is 6.92 Å². The van der Waals surface area contributed by atoms with E-state index in [1.807, 2.05) is 6.92 Å². The Hall–Kier alpha value is -0.610. The van der Waals surface area contributed by atoms with E-state index >= 15 is 0 Å². The molecule has 13 heavy (non-hydrogen) atoms. The normalized spacial score (nSPS) is 10.5. The van der Waals surface area contributed by atoms with E-state index in [0.717, 1.165) is 19.6 Å². The molecule has 0 aromatic rings. The third-order valence-electron chi connectivity index (χ3n) is 1.92. The summed E-state index contributed by atoms with van der Waals surface area (Å²) in [5.74, 6) is 0.123. The number of carbonyl (C=O) groups excluding carboxylic acids is 1. The van der Waals surface area contributed by atoms with Crippen molar-refractivity contribution in [3.05, 3.63) is 0 Å². The molecule has 0 unspecified atom stereocenters. The van der Waals surface area contributed by atoms with Crippen molar-refractivity contribution < 1.29 is 4.79 Å². The Bertz CT molecular complexity index is 139. The van der Waals surface area contributed by atoms with Gasteiger partial charge in [0, 0.05) is 32.6 Å². The number of hydrogen-bond acceptors (Lipinski definition) is 3. The lowest BCUT2D eigenvalue weighted by Gasteiger charge is -2.18. The van der Waals surface area contributed by atoms with E-state index in [4.69, 9.17) is 5.73 Å². The maximum atomic E-state index is 11.1. The van der Waals surface area contributed by atoms with Gasteiger partial charge in [0.2, 0.25) is 5.91 Å². The fourth-order valence-electron chi connectivity index (χ4n) is 1.16. The largest absolute Gasteiger partial charge is 0.356 e. The Morgan fingerprint density at radius 1 is 1.38 bits per heavy atom. The topological polar surface area (TPSA) is 58.4 Å². The predicted molar refractivity (Wildman–Crippen MR) is 54.5 cm³/mol. The van der Waals surface area contributed by atoms with Crippen molar-refractivity contribution in [2.45, 2.75) is 20.3 Å². The van der Waals surface area contributed by atoms with Gasteiger partial charge in [0.15, 0.2) is 0 Å². The van der Waals surface area contributed by atoms with Crippen molar-refractivity contribution >= 4 is 5.91 Å². The fourth-order valence-corrected chi connectivity index (χ4v) is 1.16. The molecule has 4 heteroatoms. The third-order valence-corrected chi connectivity index (χ3v) is 1.92. The zero-order chi connectivity index (χ0) is 10.1. The van der Waals surface area contributed by atoms with Gasteiger partial charge in [-0.3, -0.25) is 4.79 Å². The average molecular weight is 187 g/mol. The van der Waals surface area contributed by atoms with E-state index in [1.54, 1.807) is 0 Å². The Labute approximate surface area is 80.5 Å². The van der Waals surface area contributed by atoms with Crippen molar-refractivity contribution in [3.8, 4) is 0 Å². The van der Waals surface area contributed by atoms with E-state index in [-0.39, 0.29) is 5.91 Å². The number of likely N-dealkylation sites (N-methyl/N-ethyl adjacent to an activating group) is 1. The van der Waals surface area contributed by atoms with Gasteiger partial charge in [-0.15, -0.1) is 0 Å². The lowest BCUT2D eigenvalue weighted by atomic mass is 10.3. The third kappa shape index (κ3) is 6.54. The molecule has 0 aromatic carbocycles. The Kier molecular flexibility index (Phi) is 7.63. The molecule has 78 valence electrons. The minimum Gasteiger partial charge on any atom is -0.356 e. The number of carbonyl (C=O) groups is 1. The molecule has 0 rings (SSSR count). The number of amides is 1. The van der Waals surface area contributed by atoms with Crippen molar-refractivity contribution in [3.63, 3.8) is 0 Å². The summed E-state index contributed by atoms with van der Waals surface area (Å²) < 4.78 is 0. The molecule has 3 N–H and O–H groups in total. The molecule has 1 amide bonds. The number of nitrogens with two attached hydrogens (primary N) is 1. The van der Waals surface area contributed by atoms with Gasteiger partial charge in [0.25, 0.3) is 0 Å². The summed E-state index contributed by atoms with van der Waals surface area (Å²) in [4.78, 5) is 13.3. The summed E-state index contributed by atoms with van der Waals surface area (Å²) in [5, 5.41) is 2.77. The molecule has 0 bridgehead atoms. The molecule has 0 aliphatic heterocycles. The van der Waals surface area contributed by atoms with Crippen LogP contribution in [0.5, 0.6) is 0 Å². The summed E-state index contributed by atoms with van der Waals surface area (Å²) in [6.07, 6.45) is 0.571. The van der Waals surface area contributed by atoms with Gasteiger partial charge in [0.1, 0.15) is 0 Å². The van der Waals surface area contributed by atoms with E-state index in [0.29, 0.717) is 19.5 Å². The van der Waals surface area contributed by atoms with Crippen molar-refractivity contribution in [2.24, 2.45) is 5.73 Å². The second kappa shape index (κ2) is 8.01. The van der Waals surface area contributed by atoms with Gasteiger partial charge in [-0.05, 0) is 13.5 Å². The molecule has 0 radical (unpaired) electrons. The van der Waals surface area contributed by atoms with Crippen LogP contribution in [0.25, 0.3) is 0 Å². The van der Waals surface area contributed by atoms with Crippen LogP contribution in [-0.2, 0) is 4.79 Å². The summed E-state index contributed by atoms with van der Waals surface area (Å²) in [6.45, 7) is 8.00. The highest BCUT2D eigenvalue weighted by Gasteiger charge is 2.04. The molecular weight excluding hydrogens is 166 g/mol. The van der Waals surface area contributed by atoms with Gasteiger partial charge >= 0.3 is 0 Å². The summed E-state index contributed by atoms with van der Waals surface area (Å²) in [7, 11) is 0. The quantitative estimate of drug-likeness (QED) is 0.580. The van der Waals surface area contributed by atoms with Crippen LogP contribution in [0.1, 0.15) is 20.3 Å². The lowest BCUT2D eigenvalue weighted by Crippen LogP contribution is -2.33. The number of nitrogens with zero attached hydrogens (tertiary/aromatic N) is 1. The predicted octanol–water partition coefficient (Wildman–Crippen LogP) is -0.207. The fraction of sp³-hybridized carbons (Fsp3) is 0.889. The first-order valence-corrected chi connectivity index (χ1v) is 4.93. The number of hydrogen-bond donors (Lipinski definition) is 2. The molecule has 4 nitrogen and oxygen atoms in total. The summed E-state index contributed by atoms with van der Waals surface area (Å²) >= 11 is 0. The highest BCUT2D eigenvalue weighted by molar-refractivity contribution is 5.75. The maximum Gasteiger partial charge on any atom is 0.221 e. The van der Waals surface area contributed by atoms with Crippen molar-refractivity contribution in [1.82, 2.24) is 10.2 Å². The molecule has 0 spiro atoms. The maximum absolute atomic E-state index is 11.1. The van der Waals surface area contributed by atoms with E-state index in [1.165, 1.54) is 0 Å². The number of rotatable bonds is 7. The second-order valence-electron chi connectivity index (χ2n) is 2.93. The van der Waals surface area contributed by atoms with E-state index in [9.17, 15) is 4.79 Å². The van der Waals surface area contributed by atoms with Gasteiger partial charge < -0.3 is 16.0 Å². The highest BCUT2D eigenvalue weighted by atomic mass is 16.1. The van der Waals surface area contributed by atoms with Crippen LogP contribution in [0.4, 0.5) is 0 Å². The van der Waals surface area contributed by atoms with Crippen LogP contribution in [0.2, 0.25) is 0 Å². The molecule has 0 aliphatic rings. The molecule has 0 aromatic heterocycles. The summed E-state index contributed by atoms with van der Waals surface area (Å²) in [5.41, 5.74) is 5.43. The van der Waals surface area contributed by atoms with Crippen LogP contribution in [0.15, 0.2) is 0 Å². The van der Waals surface area contributed by atoms with Crippen LogP contribution >= 0.6 is 0 Å². The Balaban J connectivity index is 3.52. The first-order chi connectivity index (χ1) is 6.24. The highest BCUT2D eigenvalue weighted by Crippen LogP contribution is 1.89. The summed E-state index contributed by atoms with van der Waals surface area (Å²) in [6, 6.07) is 0. The second-order valence-corrected chi connectivity index (χ2v) is 2.93. The van der Waals surface area contributed by atoms with Crippen LogP contribution in [0, 0.1) is 0 Å². The van der Waals surface area contributed by atoms with E-state index in [2.05, 4.69) is 17.1 Å². The van der Waals surface area contributed by atoms with Gasteiger partial charge in [0.05, 0.1) is 0 Å². The lowest BCUT2D eigenvalue weighted by molar-refractivity contribution is -0.121. The van der Waals surface area contributed by atoms with Crippen molar-refractivity contribution in [2.75, 3.05) is 32.7 Å². The van der Waals surface area contributed by atoms with Crippen LogP contribution in [-0.4, -0.2) is 43.5 Å². The van der Waals surface area contributed by atoms with Gasteiger partial charge in [-0.25, -0.2) is 0 Å². The zero-order valence-corrected chi connectivity index (χ0v) is 8.68. The smallest absolute Gasteiger partial charge is 0.221 e. The Morgan fingerprint density at radius 2 is 2.08 bits per heavy atom. The first-order valence-electron chi connectivity index (χ1n) is 4.93. The minimum atomic E-state index is 0.123. The minimum absolute atomic E-state index is 0.123. The zero-order valence-electron chi connectivity index (χ0n) is 8.68. The molecule has 0 fully saturated rings. The van der Waals surface area contributed by atoms with Gasteiger partial charge in [-0.2, -0.15) is 0 Å². The van der Waals surface area contributed by atoms with E-state index < -0.39 is 0 Å². The molecule has 0 atom stereocenters. The molecule has 0 saturated carbocycles. The molecule has 0 heterocycles. The first kappa shape index (κ1) is 12.4. The Morgan fingerprint density at radius 3 is 2.54 bits per heavy atom. The number of nitrogens with one attached hydrogen (secondary N) is 1. The monoisotopic (exact) mass is 187 g/mol. The van der Waals surface area contributed by atoms with Crippen molar-refractivity contribution in [1.29, 1.82) is 0 Å². The SMILES string of the molecule is CCNC(=O)CCN(CC)CCN. The molecule has 0 aliphatic carbocycles. The molecule has 0 saturated heterocycles. The standard InChI is InChI=1S/C9H21N3O/c1-3-11-9(13)5-7-12(4-2)8-6-10/h3-8,10H2,1-2H3,(H,11,13). The van der Waals surface area contributed by atoms with Crippen LogP contribution in [0.3, 0.4) is 0 Å². The van der Waals surface area contributed by atoms with Crippen LogP contribution < -0.4 is 11.1 Å². The molecular formula is C9H21N3O.